The molecule has 20 heavy (non-hydrogen) atoms. The molecule has 0 aliphatic heterocycles. The summed E-state index contributed by atoms with van der Waals surface area (Å²) in [4.78, 5) is 2.32. The lowest BCUT2D eigenvalue weighted by atomic mass is 10.3. The largest absolute Gasteiger partial charge is 0.383 e. The van der Waals surface area contributed by atoms with E-state index >= 15 is 0 Å². The van der Waals surface area contributed by atoms with Gasteiger partial charge in [-0.1, -0.05) is 0 Å². The lowest BCUT2D eigenvalue weighted by Crippen LogP contribution is -2.20. The molecule has 114 valence electrons. The van der Waals surface area contributed by atoms with Crippen LogP contribution in [0.5, 0.6) is 0 Å². The van der Waals surface area contributed by atoms with Crippen LogP contribution in [0.2, 0.25) is 0 Å². The van der Waals surface area contributed by atoms with Crippen LogP contribution in [0.1, 0.15) is 0 Å². The van der Waals surface area contributed by atoms with Gasteiger partial charge in [-0.05, 0) is 45.4 Å². The minimum atomic E-state index is -3.36. The minimum absolute atomic E-state index is 0.257. The van der Waals surface area contributed by atoms with Crippen LogP contribution in [0, 0.1) is 0 Å². The second-order valence-corrected chi connectivity index (χ2v) is 6.46. The van der Waals surface area contributed by atoms with E-state index in [4.69, 9.17) is 4.74 Å². The normalized spacial score (nSPS) is 11.8. The summed E-state index contributed by atoms with van der Waals surface area (Å²) >= 11 is 0. The third kappa shape index (κ3) is 5.87. The zero-order valence-corrected chi connectivity index (χ0v) is 13.0. The topological polar surface area (TPSA) is 70.7 Å². The fourth-order valence-electron chi connectivity index (χ4n) is 1.49. The van der Waals surface area contributed by atoms with Crippen molar-refractivity contribution < 1.29 is 13.2 Å². The summed E-state index contributed by atoms with van der Waals surface area (Å²) in [6.45, 7) is 2.90. The molecule has 0 unspecified atom stereocenters. The molecule has 0 atom stereocenters. The molecule has 0 aliphatic carbocycles. The molecule has 1 aromatic rings. The molecular formula is C13H23N3O3S. The van der Waals surface area contributed by atoms with Crippen molar-refractivity contribution in [3.8, 4) is 0 Å². The van der Waals surface area contributed by atoms with E-state index in [1.54, 1.807) is 24.3 Å². The number of nitrogens with zero attached hydrogens (tertiary/aromatic N) is 1. The highest BCUT2D eigenvalue weighted by molar-refractivity contribution is 7.89. The van der Waals surface area contributed by atoms with Crippen LogP contribution in [-0.2, 0) is 14.8 Å². The van der Waals surface area contributed by atoms with Crippen molar-refractivity contribution in [3.63, 3.8) is 0 Å². The Hall–Kier alpha value is -1.15. The van der Waals surface area contributed by atoms with Crippen LogP contribution in [0.25, 0.3) is 0 Å². The van der Waals surface area contributed by atoms with E-state index in [2.05, 4.69) is 14.9 Å². The molecule has 0 heterocycles. The number of rotatable bonds is 9. The molecule has 0 amide bonds. The first-order valence-electron chi connectivity index (χ1n) is 6.45. The standard InChI is InChI=1S/C13H23N3O3S/c1-14-20(17,18)13-6-4-12(5-7-13)15-8-10-19-11-9-16(2)3/h4-7,14-15H,8-11H2,1-3H3. The van der Waals surface area contributed by atoms with Crippen LogP contribution in [0.3, 0.4) is 0 Å². The Morgan fingerprint density at radius 2 is 1.80 bits per heavy atom. The third-order valence-electron chi connectivity index (χ3n) is 2.69. The fraction of sp³-hybridized carbons (Fsp3) is 0.538. The van der Waals surface area contributed by atoms with Crippen LogP contribution in [-0.4, -0.2) is 60.8 Å². The van der Waals surface area contributed by atoms with Gasteiger partial charge in [-0.3, -0.25) is 0 Å². The van der Waals surface area contributed by atoms with Crippen molar-refractivity contribution in [3.05, 3.63) is 24.3 Å². The fourth-order valence-corrected chi connectivity index (χ4v) is 2.22. The summed E-state index contributed by atoms with van der Waals surface area (Å²) in [7, 11) is 2.04. The molecule has 6 nitrogen and oxygen atoms in total. The van der Waals surface area contributed by atoms with E-state index < -0.39 is 10.0 Å². The molecule has 0 saturated carbocycles. The van der Waals surface area contributed by atoms with Gasteiger partial charge in [0, 0.05) is 18.8 Å². The minimum Gasteiger partial charge on any atom is -0.383 e. The van der Waals surface area contributed by atoms with Crippen molar-refractivity contribution >= 4 is 15.7 Å². The molecule has 1 aromatic carbocycles. The van der Waals surface area contributed by atoms with Gasteiger partial charge in [0.2, 0.25) is 10.0 Å². The van der Waals surface area contributed by atoms with Crippen molar-refractivity contribution in [1.29, 1.82) is 0 Å². The maximum Gasteiger partial charge on any atom is 0.240 e. The van der Waals surface area contributed by atoms with E-state index in [9.17, 15) is 8.42 Å². The summed E-state index contributed by atoms with van der Waals surface area (Å²) in [5, 5.41) is 3.18. The molecule has 2 N–H and O–H groups in total. The first-order chi connectivity index (χ1) is 9.45. The predicted molar refractivity (Wildman–Crippen MR) is 80.6 cm³/mol. The Bertz CT molecular complexity index is 486. The van der Waals surface area contributed by atoms with Gasteiger partial charge >= 0.3 is 0 Å². The number of hydrogen-bond donors (Lipinski definition) is 2. The van der Waals surface area contributed by atoms with Crippen LogP contribution < -0.4 is 10.0 Å². The van der Waals surface area contributed by atoms with Crippen molar-refractivity contribution in [2.45, 2.75) is 4.90 Å². The second kappa shape index (κ2) is 8.21. The van der Waals surface area contributed by atoms with Crippen molar-refractivity contribution in [2.24, 2.45) is 0 Å². The number of nitrogens with one attached hydrogen (secondary N) is 2. The summed E-state index contributed by atoms with van der Waals surface area (Å²) in [5.41, 5.74) is 0.872. The highest BCUT2D eigenvalue weighted by atomic mass is 32.2. The molecule has 0 aliphatic rings. The summed E-state index contributed by atoms with van der Waals surface area (Å²) in [6.07, 6.45) is 0. The van der Waals surface area contributed by atoms with E-state index in [0.717, 1.165) is 12.2 Å². The number of hydrogen-bond acceptors (Lipinski definition) is 5. The SMILES string of the molecule is CNS(=O)(=O)c1ccc(NCCOCCN(C)C)cc1. The molecule has 0 radical (unpaired) electrons. The Kier molecular flexibility index (Phi) is 6.94. The van der Waals surface area contributed by atoms with Gasteiger partial charge in [-0.25, -0.2) is 13.1 Å². The first kappa shape index (κ1) is 16.9. The summed E-state index contributed by atoms with van der Waals surface area (Å²) in [6, 6.07) is 6.62. The summed E-state index contributed by atoms with van der Waals surface area (Å²) < 4.78 is 30.8. The van der Waals surface area contributed by atoms with E-state index in [0.29, 0.717) is 19.8 Å². The maximum atomic E-state index is 11.5. The lowest BCUT2D eigenvalue weighted by molar-refractivity contribution is 0.126. The molecule has 1 rings (SSSR count). The van der Waals surface area contributed by atoms with E-state index in [-0.39, 0.29) is 4.90 Å². The van der Waals surface area contributed by atoms with Crippen LogP contribution in [0.15, 0.2) is 29.2 Å². The van der Waals surface area contributed by atoms with Gasteiger partial charge in [0.25, 0.3) is 0 Å². The van der Waals surface area contributed by atoms with E-state index in [1.807, 2.05) is 14.1 Å². The Morgan fingerprint density at radius 3 is 2.35 bits per heavy atom. The Morgan fingerprint density at radius 1 is 1.15 bits per heavy atom. The lowest BCUT2D eigenvalue weighted by Gasteiger charge is -2.11. The zero-order valence-electron chi connectivity index (χ0n) is 12.2. The monoisotopic (exact) mass is 301 g/mol. The number of likely N-dealkylation sites (N-methyl/N-ethyl adjacent to an activating group) is 1. The van der Waals surface area contributed by atoms with Gasteiger partial charge in [-0.2, -0.15) is 0 Å². The molecule has 0 bridgehead atoms. The van der Waals surface area contributed by atoms with Gasteiger partial charge in [0.05, 0.1) is 18.1 Å². The second-order valence-electron chi connectivity index (χ2n) is 4.57. The number of ether oxygens (including phenoxy) is 1. The number of benzene rings is 1. The van der Waals surface area contributed by atoms with Crippen LogP contribution in [0.4, 0.5) is 5.69 Å². The summed E-state index contributed by atoms with van der Waals surface area (Å²) in [5.74, 6) is 0. The smallest absolute Gasteiger partial charge is 0.240 e. The third-order valence-corrected chi connectivity index (χ3v) is 4.12. The average molecular weight is 301 g/mol. The van der Waals surface area contributed by atoms with Gasteiger partial charge in [0.15, 0.2) is 0 Å². The molecule has 0 spiro atoms. The predicted octanol–water partition coefficient (Wildman–Crippen LogP) is 0.585. The van der Waals surface area contributed by atoms with Gasteiger partial charge in [-0.15, -0.1) is 0 Å². The molecule has 0 saturated heterocycles. The highest BCUT2D eigenvalue weighted by Gasteiger charge is 2.09. The average Bonchev–Trinajstić information content (AvgIpc) is 2.43. The van der Waals surface area contributed by atoms with Gasteiger partial charge in [0.1, 0.15) is 0 Å². The Balaban J connectivity index is 2.32. The number of anilines is 1. The van der Waals surface area contributed by atoms with Crippen LogP contribution >= 0.6 is 0 Å². The maximum absolute atomic E-state index is 11.5. The molecule has 0 aromatic heterocycles. The first-order valence-corrected chi connectivity index (χ1v) is 7.94. The molecule has 7 heteroatoms. The molecular weight excluding hydrogens is 278 g/mol. The van der Waals surface area contributed by atoms with E-state index in [1.165, 1.54) is 7.05 Å². The Labute approximate surface area is 121 Å². The van der Waals surface area contributed by atoms with Crippen molar-refractivity contribution in [1.82, 2.24) is 9.62 Å². The van der Waals surface area contributed by atoms with Gasteiger partial charge < -0.3 is 15.0 Å². The quantitative estimate of drug-likeness (QED) is 0.653. The molecule has 0 fully saturated rings. The zero-order chi connectivity index (χ0) is 15.0. The number of sulfonamides is 1. The van der Waals surface area contributed by atoms with Crippen molar-refractivity contribution in [2.75, 3.05) is 52.8 Å². The highest BCUT2D eigenvalue weighted by Crippen LogP contribution is 2.13.